The molecule has 0 atom stereocenters. The van der Waals surface area contributed by atoms with Crippen LogP contribution in [0, 0.1) is 15.9 Å². The molecule has 6 heteroatoms. The number of halogens is 1. The summed E-state index contributed by atoms with van der Waals surface area (Å²) < 4.78 is 14.4. The predicted octanol–water partition coefficient (Wildman–Crippen LogP) is 4.54. The average molecular weight is 351 g/mol. The monoisotopic (exact) mass is 351 g/mol. The van der Waals surface area contributed by atoms with E-state index in [2.05, 4.69) is 5.32 Å². The van der Waals surface area contributed by atoms with E-state index in [0.29, 0.717) is 5.56 Å². The van der Waals surface area contributed by atoms with Crippen LogP contribution in [0.5, 0.6) is 0 Å². The Kier molecular flexibility index (Phi) is 4.84. The number of nitro groups is 1. The Morgan fingerprint density at radius 1 is 1.04 bits per heavy atom. The smallest absolute Gasteiger partial charge is 0.299 e. The first kappa shape index (κ1) is 17.4. The van der Waals surface area contributed by atoms with Crippen LogP contribution < -0.4 is 11.1 Å². The average Bonchev–Trinajstić information content (AvgIpc) is 2.66. The van der Waals surface area contributed by atoms with Gasteiger partial charge in [0.2, 0.25) is 0 Å². The zero-order chi connectivity index (χ0) is 18.7. The fourth-order valence-electron chi connectivity index (χ4n) is 3.18. The van der Waals surface area contributed by atoms with Gasteiger partial charge in [0.05, 0.1) is 10.6 Å². The van der Waals surface area contributed by atoms with E-state index < -0.39 is 16.7 Å². The van der Waals surface area contributed by atoms with Gasteiger partial charge in [-0.3, -0.25) is 10.1 Å². The minimum Gasteiger partial charge on any atom is -0.396 e. The van der Waals surface area contributed by atoms with Crippen LogP contribution in [0.25, 0.3) is 0 Å². The number of hydrogen-bond donors (Lipinski definition) is 2. The van der Waals surface area contributed by atoms with E-state index >= 15 is 0 Å². The molecule has 0 saturated heterocycles. The van der Waals surface area contributed by atoms with Crippen LogP contribution in [-0.4, -0.2) is 12.0 Å². The highest BCUT2D eigenvalue weighted by Gasteiger charge is 2.31. The van der Waals surface area contributed by atoms with E-state index in [9.17, 15) is 14.5 Å². The molecule has 0 aromatic heterocycles. The molecule has 3 rings (SSSR count). The molecule has 0 unspecified atom stereocenters. The molecule has 26 heavy (non-hydrogen) atoms. The Bertz CT molecular complexity index is 891. The first-order valence-corrected chi connectivity index (χ1v) is 8.08. The standard InChI is InChI=1S/C20H18FN3O2/c1-23-19-18(21)16(22)12-15(20(19)24(25)26)17(13-8-4-2-5-9-13)14-10-6-3-7-11-14/h2-12,17,23H,22H2,1H3. The van der Waals surface area contributed by atoms with E-state index in [4.69, 9.17) is 5.73 Å². The van der Waals surface area contributed by atoms with E-state index in [1.807, 2.05) is 60.7 Å². The van der Waals surface area contributed by atoms with Crippen LogP contribution in [0.15, 0.2) is 66.7 Å². The van der Waals surface area contributed by atoms with Gasteiger partial charge in [0, 0.05) is 18.5 Å². The summed E-state index contributed by atoms with van der Waals surface area (Å²) in [5.74, 6) is -1.27. The molecule has 0 aliphatic heterocycles. The number of nitrogens with one attached hydrogen (secondary N) is 1. The van der Waals surface area contributed by atoms with Crippen LogP contribution in [0.4, 0.5) is 21.5 Å². The maximum Gasteiger partial charge on any atom is 0.299 e. The molecule has 0 saturated carbocycles. The number of nitrogens with zero attached hydrogens (tertiary/aromatic N) is 1. The van der Waals surface area contributed by atoms with E-state index in [1.165, 1.54) is 13.1 Å². The summed E-state index contributed by atoms with van der Waals surface area (Å²) >= 11 is 0. The van der Waals surface area contributed by atoms with Crippen molar-refractivity contribution in [3.05, 3.63) is 99.4 Å². The number of hydrogen-bond acceptors (Lipinski definition) is 4. The largest absolute Gasteiger partial charge is 0.396 e. The lowest BCUT2D eigenvalue weighted by molar-refractivity contribution is -0.384. The number of nitro benzene ring substituents is 1. The molecule has 0 amide bonds. The number of nitrogens with two attached hydrogens (primary N) is 1. The van der Waals surface area contributed by atoms with Crippen molar-refractivity contribution in [2.45, 2.75) is 5.92 Å². The molecule has 132 valence electrons. The second-order valence-corrected chi connectivity index (χ2v) is 5.85. The number of benzene rings is 3. The van der Waals surface area contributed by atoms with Gasteiger partial charge in [-0.1, -0.05) is 60.7 Å². The van der Waals surface area contributed by atoms with Crippen molar-refractivity contribution in [2.75, 3.05) is 18.1 Å². The molecule has 0 fully saturated rings. The van der Waals surface area contributed by atoms with Crippen molar-refractivity contribution in [1.29, 1.82) is 0 Å². The maximum absolute atomic E-state index is 14.4. The summed E-state index contributed by atoms with van der Waals surface area (Å²) in [5, 5.41) is 14.4. The van der Waals surface area contributed by atoms with Gasteiger partial charge < -0.3 is 11.1 Å². The van der Waals surface area contributed by atoms with Gasteiger partial charge in [0.1, 0.15) is 0 Å². The molecule has 0 aliphatic rings. The normalized spacial score (nSPS) is 10.7. The number of rotatable bonds is 5. The number of nitrogen functional groups attached to an aromatic ring is 1. The highest BCUT2D eigenvalue weighted by Crippen LogP contribution is 2.43. The predicted molar refractivity (Wildman–Crippen MR) is 101 cm³/mol. The lowest BCUT2D eigenvalue weighted by atomic mass is 9.83. The molecule has 0 bridgehead atoms. The molecule has 0 aliphatic carbocycles. The molecule has 5 nitrogen and oxygen atoms in total. The first-order chi connectivity index (χ1) is 12.5. The molecule has 3 N–H and O–H groups in total. The van der Waals surface area contributed by atoms with Crippen molar-refractivity contribution in [3.8, 4) is 0 Å². The molecule has 0 spiro atoms. The lowest BCUT2D eigenvalue weighted by Crippen LogP contribution is -2.11. The Morgan fingerprint density at radius 2 is 1.54 bits per heavy atom. The summed E-state index contributed by atoms with van der Waals surface area (Å²) in [6.45, 7) is 0. The van der Waals surface area contributed by atoms with Gasteiger partial charge in [0.15, 0.2) is 11.5 Å². The van der Waals surface area contributed by atoms with E-state index in [1.54, 1.807) is 0 Å². The van der Waals surface area contributed by atoms with Crippen LogP contribution in [0.1, 0.15) is 22.6 Å². The Morgan fingerprint density at radius 3 is 1.96 bits per heavy atom. The van der Waals surface area contributed by atoms with Gasteiger partial charge >= 0.3 is 0 Å². The first-order valence-electron chi connectivity index (χ1n) is 8.08. The van der Waals surface area contributed by atoms with Crippen molar-refractivity contribution in [2.24, 2.45) is 0 Å². The van der Waals surface area contributed by atoms with Gasteiger partial charge in [-0.25, -0.2) is 4.39 Å². The summed E-state index contributed by atoms with van der Waals surface area (Å²) in [6.07, 6.45) is 0. The van der Waals surface area contributed by atoms with Gasteiger partial charge in [-0.15, -0.1) is 0 Å². The van der Waals surface area contributed by atoms with E-state index in [0.717, 1.165) is 11.1 Å². The summed E-state index contributed by atoms with van der Waals surface area (Å²) in [6, 6.07) is 20.1. The van der Waals surface area contributed by atoms with Crippen LogP contribution in [-0.2, 0) is 0 Å². The maximum atomic E-state index is 14.4. The Balaban J connectivity index is 2.35. The lowest BCUT2D eigenvalue weighted by Gasteiger charge is -2.21. The summed E-state index contributed by atoms with van der Waals surface area (Å²) in [5.41, 5.74) is 7.23. The quantitative estimate of drug-likeness (QED) is 0.306. The molecule has 3 aromatic rings. The number of anilines is 2. The molecule has 3 aromatic carbocycles. The molecular weight excluding hydrogens is 333 g/mol. The van der Waals surface area contributed by atoms with Crippen LogP contribution in [0.3, 0.4) is 0 Å². The van der Waals surface area contributed by atoms with Crippen molar-refractivity contribution < 1.29 is 9.31 Å². The third-order valence-electron chi connectivity index (χ3n) is 4.30. The molecule has 0 radical (unpaired) electrons. The third-order valence-corrected chi connectivity index (χ3v) is 4.30. The van der Waals surface area contributed by atoms with Crippen molar-refractivity contribution >= 4 is 17.1 Å². The topological polar surface area (TPSA) is 81.2 Å². The summed E-state index contributed by atoms with van der Waals surface area (Å²) in [7, 11) is 1.44. The van der Waals surface area contributed by atoms with E-state index in [-0.39, 0.29) is 17.1 Å². The van der Waals surface area contributed by atoms with Crippen molar-refractivity contribution in [1.82, 2.24) is 0 Å². The second-order valence-electron chi connectivity index (χ2n) is 5.85. The Labute approximate surface area is 150 Å². The minimum atomic E-state index is -0.817. The fourth-order valence-corrected chi connectivity index (χ4v) is 3.18. The molecule has 0 heterocycles. The molecular formula is C20H18FN3O2. The zero-order valence-electron chi connectivity index (χ0n) is 14.1. The SMILES string of the molecule is CNc1c(F)c(N)cc(C(c2ccccc2)c2ccccc2)c1[N+](=O)[O-]. The summed E-state index contributed by atoms with van der Waals surface area (Å²) in [4.78, 5) is 11.2. The second kappa shape index (κ2) is 7.23. The minimum absolute atomic E-state index is 0.133. The highest BCUT2D eigenvalue weighted by molar-refractivity contribution is 5.74. The van der Waals surface area contributed by atoms with Crippen molar-refractivity contribution in [3.63, 3.8) is 0 Å². The highest BCUT2D eigenvalue weighted by atomic mass is 19.1. The van der Waals surface area contributed by atoms with Gasteiger partial charge in [0.25, 0.3) is 5.69 Å². The van der Waals surface area contributed by atoms with Gasteiger partial charge in [-0.2, -0.15) is 0 Å². The van der Waals surface area contributed by atoms with Crippen LogP contribution >= 0.6 is 0 Å². The third kappa shape index (κ3) is 3.09. The van der Waals surface area contributed by atoms with Gasteiger partial charge in [-0.05, 0) is 17.2 Å². The zero-order valence-corrected chi connectivity index (χ0v) is 14.1. The van der Waals surface area contributed by atoms with Crippen LogP contribution in [0.2, 0.25) is 0 Å². The fraction of sp³-hybridized carbons (Fsp3) is 0.100. The Hall–Kier alpha value is -3.41.